The first-order valence-corrected chi connectivity index (χ1v) is 9.33. The highest BCUT2D eigenvalue weighted by Crippen LogP contribution is 2.22. The fraction of sp³-hybridized carbons (Fsp3) is 0.0476. The number of aromatic nitrogens is 2. The zero-order valence-corrected chi connectivity index (χ0v) is 15.1. The van der Waals surface area contributed by atoms with Crippen LogP contribution in [-0.2, 0) is 6.54 Å². The number of hydrogen-bond acceptors (Lipinski definition) is 3. The molecule has 0 unspecified atom stereocenters. The van der Waals surface area contributed by atoms with Crippen molar-refractivity contribution in [2.45, 2.75) is 6.54 Å². The minimum Gasteiger partial charge on any atom is -0.357 e. The third-order valence-corrected chi connectivity index (χ3v) is 4.88. The standard InChI is InChI=1S/C21H16FN3OS/c22-18-3-1-15(2-4-18)17-10-20(24-12-17)21(26)25-11-14-5-7-23-19(9-14)16-6-8-27-13-16/h1-10,12-13,24H,11H2,(H,25,26). The zero-order chi connectivity index (χ0) is 18.6. The van der Waals surface area contributed by atoms with Gasteiger partial charge < -0.3 is 10.3 Å². The molecule has 27 heavy (non-hydrogen) atoms. The molecule has 3 heterocycles. The maximum atomic E-state index is 13.0. The van der Waals surface area contributed by atoms with Crippen molar-refractivity contribution in [1.82, 2.24) is 15.3 Å². The van der Waals surface area contributed by atoms with Gasteiger partial charge in [0.15, 0.2) is 0 Å². The second-order valence-electron chi connectivity index (χ2n) is 6.05. The average molecular weight is 377 g/mol. The van der Waals surface area contributed by atoms with Crippen LogP contribution in [-0.4, -0.2) is 15.9 Å². The number of amides is 1. The van der Waals surface area contributed by atoms with Gasteiger partial charge in [-0.1, -0.05) is 12.1 Å². The summed E-state index contributed by atoms with van der Waals surface area (Å²) in [4.78, 5) is 19.8. The van der Waals surface area contributed by atoms with Crippen molar-refractivity contribution >= 4 is 17.2 Å². The summed E-state index contributed by atoms with van der Waals surface area (Å²) < 4.78 is 13.0. The highest BCUT2D eigenvalue weighted by Gasteiger charge is 2.10. The van der Waals surface area contributed by atoms with E-state index in [1.165, 1.54) is 12.1 Å². The number of H-pyrrole nitrogens is 1. The molecule has 0 aliphatic carbocycles. The third kappa shape index (κ3) is 3.96. The van der Waals surface area contributed by atoms with Crippen LogP contribution < -0.4 is 5.32 Å². The van der Waals surface area contributed by atoms with Crippen LogP contribution in [0.25, 0.3) is 22.4 Å². The van der Waals surface area contributed by atoms with E-state index in [2.05, 4.69) is 15.3 Å². The molecule has 0 fully saturated rings. The Morgan fingerprint density at radius 3 is 2.70 bits per heavy atom. The van der Waals surface area contributed by atoms with E-state index in [4.69, 9.17) is 0 Å². The molecule has 2 N–H and O–H groups in total. The summed E-state index contributed by atoms with van der Waals surface area (Å²) in [5.41, 5.74) is 5.08. The van der Waals surface area contributed by atoms with Crippen LogP contribution in [0.2, 0.25) is 0 Å². The topological polar surface area (TPSA) is 57.8 Å². The van der Waals surface area contributed by atoms with Gasteiger partial charge in [-0.25, -0.2) is 4.39 Å². The Kier molecular flexibility index (Phi) is 4.80. The monoisotopic (exact) mass is 377 g/mol. The van der Waals surface area contributed by atoms with Crippen molar-refractivity contribution in [3.8, 4) is 22.4 Å². The van der Waals surface area contributed by atoms with Crippen molar-refractivity contribution in [2.24, 2.45) is 0 Å². The Morgan fingerprint density at radius 2 is 1.93 bits per heavy atom. The molecule has 0 bridgehead atoms. The summed E-state index contributed by atoms with van der Waals surface area (Å²) >= 11 is 1.62. The van der Waals surface area contributed by atoms with Crippen molar-refractivity contribution in [3.05, 3.63) is 88.8 Å². The molecular formula is C21H16FN3OS. The van der Waals surface area contributed by atoms with E-state index < -0.39 is 0 Å². The summed E-state index contributed by atoms with van der Waals surface area (Å²) in [6.45, 7) is 0.406. The van der Waals surface area contributed by atoms with E-state index in [1.807, 2.05) is 29.0 Å². The predicted octanol–water partition coefficient (Wildman–Crippen LogP) is 4.87. The number of thiophene rings is 1. The van der Waals surface area contributed by atoms with Crippen LogP contribution >= 0.6 is 11.3 Å². The lowest BCUT2D eigenvalue weighted by Crippen LogP contribution is -2.23. The first kappa shape index (κ1) is 17.2. The Bertz CT molecular complexity index is 1060. The number of aromatic amines is 1. The molecule has 0 radical (unpaired) electrons. The largest absolute Gasteiger partial charge is 0.357 e. The molecule has 0 aliphatic rings. The van der Waals surface area contributed by atoms with Gasteiger partial charge in [-0.05, 0) is 58.5 Å². The molecule has 0 saturated carbocycles. The van der Waals surface area contributed by atoms with Crippen molar-refractivity contribution < 1.29 is 9.18 Å². The van der Waals surface area contributed by atoms with Gasteiger partial charge in [0.25, 0.3) is 5.91 Å². The van der Waals surface area contributed by atoms with Crippen molar-refractivity contribution in [3.63, 3.8) is 0 Å². The van der Waals surface area contributed by atoms with Crippen LogP contribution in [0.5, 0.6) is 0 Å². The normalized spacial score (nSPS) is 10.7. The highest BCUT2D eigenvalue weighted by molar-refractivity contribution is 7.08. The molecule has 0 saturated heterocycles. The predicted molar refractivity (Wildman–Crippen MR) is 105 cm³/mol. The van der Waals surface area contributed by atoms with Gasteiger partial charge in [-0.3, -0.25) is 9.78 Å². The smallest absolute Gasteiger partial charge is 0.267 e. The SMILES string of the molecule is O=C(NCc1ccnc(-c2ccsc2)c1)c1cc(-c2ccc(F)cc2)c[nH]1. The van der Waals surface area contributed by atoms with Gasteiger partial charge in [0, 0.05) is 29.9 Å². The number of nitrogens with zero attached hydrogens (tertiary/aromatic N) is 1. The van der Waals surface area contributed by atoms with Crippen LogP contribution in [0, 0.1) is 5.82 Å². The van der Waals surface area contributed by atoms with Crippen molar-refractivity contribution in [1.29, 1.82) is 0 Å². The lowest BCUT2D eigenvalue weighted by molar-refractivity contribution is 0.0946. The fourth-order valence-electron chi connectivity index (χ4n) is 2.76. The summed E-state index contributed by atoms with van der Waals surface area (Å²) in [7, 11) is 0. The number of carbonyl (C=O) groups is 1. The molecule has 3 aromatic heterocycles. The third-order valence-electron chi connectivity index (χ3n) is 4.20. The quantitative estimate of drug-likeness (QED) is 0.521. The summed E-state index contributed by atoms with van der Waals surface area (Å²) in [6.07, 6.45) is 3.49. The van der Waals surface area contributed by atoms with Crippen LogP contribution in [0.1, 0.15) is 16.1 Å². The number of carbonyl (C=O) groups excluding carboxylic acids is 1. The molecule has 1 aromatic carbocycles. The summed E-state index contributed by atoms with van der Waals surface area (Å²) in [5, 5.41) is 6.96. The molecule has 0 aliphatic heterocycles. The zero-order valence-electron chi connectivity index (χ0n) is 14.3. The lowest BCUT2D eigenvalue weighted by Gasteiger charge is -2.05. The van der Waals surface area contributed by atoms with E-state index in [-0.39, 0.29) is 11.7 Å². The Morgan fingerprint density at radius 1 is 1.07 bits per heavy atom. The van der Waals surface area contributed by atoms with E-state index >= 15 is 0 Å². The molecule has 4 aromatic rings. The molecular weight excluding hydrogens is 361 g/mol. The number of pyridine rings is 1. The molecule has 0 atom stereocenters. The second-order valence-corrected chi connectivity index (χ2v) is 6.83. The Balaban J connectivity index is 1.43. The average Bonchev–Trinajstić information content (AvgIpc) is 3.39. The van der Waals surface area contributed by atoms with Gasteiger partial charge >= 0.3 is 0 Å². The highest BCUT2D eigenvalue weighted by atomic mass is 32.1. The number of hydrogen-bond donors (Lipinski definition) is 2. The van der Waals surface area contributed by atoms with Gasteiger partial charge in [-0.2, -0.15) is 11.3 Å². The maximum Gasteiger partial charge on any atom is 0.267 e. The van der Waals surface area contributed by atoms with Crippen LogP contribution in [0.3, 0.4) is 0 Å². The number of nitrogens with one attached hydrogen (secondary N) is 2. The Hall–Kier alpha value is -3.25. The van der Waals surface area contributed by atoms with Gasteiger partial charge in [0.2, 0.25) is 0 Å². The maximum absolute atomic E-state index is 13.0. The molecule has 1 amide bonds. The molecule has 134 valence electrons. The summed E-state index contributed by atoms with van der Waals surface area (Å²) in [5.74, 6) is -0.483. The first-order chi connectivity index (χ1) is 13.2. The van der Waals surface area contributed by atoms with E-state index in [0.717, 1.165) is 27.9 Å². The van der Waals surface area contributed by atoms with Gasteiger partial charge in [0.1, 0.15) is 11.5 Å². The molecule has 4 rings (SSSR count). The minimum absolute atomic E-state index is 0.197. The minimum atomic E-state index is -0.286. The second kappa shape index (κ2) is 7.55. The van der Waals surface area contributed by atoms with Gasteiger partial charge in [0.05, 0.1) is 5.69 Å². The lowest BCUT2D eigenvalue weighted by atomic mass is 10.1. The molecule has 4 nitrogen and oxygen atoms in total. The van der Waals surface area contributed by atoms with E-state index in [0.29, 0.717) is 12.2 Å². The number of rotatable bonds is 5. The molecule has 0 spiro atoms. The number of halogens is 1. The fourth-order valence-corrected chi connectivity index (χ4v) is 3.41. The van der Waals surface area contributed by atoms with E-state index in [9.17, 15) is 9.18 Å². The van der Waals surface area contributed by atoms with Crippen LogP contribution in [0.4, 0.5) is 4.39 Å². The molecule has 6 heteroatoms. The van der Waals surface area contributed by atoms with Crippen molar-refractivity contribution in [2.75, 3.05) is 0 Å². The number of benzene rings is 1. The summed E-state index contributed by atoms with van der Waals surface area (Å²) in [6, 6.07) is 13.8. The van der Waals surface area contributed by atoms with Gasteiger partial charge in [-0.15, -0.1) is 0 Å². The van der Waals surface area contributed by atoms with E-state index in [1.54, 1.807) is 41.9 Å². The van der Waals surface area contributed by atoms with Crippen LogP contribution in [0.15, 0.2) is 71.7 Å². The first-order valence-electron chi connectivity index (χ1n) is 8.39. The Labute approximate surface area is 159 Å².